The lowest BCUT2D eigenvalue weighted by atomic mass is 10.1. The fourth-order valence-electron chi connectivity index (χ4n) is 2.49. The molecular weight excluding hydrogens is 270 g/mol. The summed E-state index contributed by atoms with van der Waals surface area (Å²) in [6.45, 7) is 1.95. The highest BCUT2D eigenvalue weighted by molar-refractivity contribution is 7.71. The van der Waals surface area contributed by atoms with Crippen molar-refractivity contribution in [2.45, 2.75) is 6.92 Å². The monoisotopic (exact) mass is 281 g/mol. The van der Waals surface area contributed by atoms with Gasteiger partial charge < -0.3 is 9.40 Å². The smallest absolute Gasteiger partial charge is 0.199 e. The number of nitrogens with zero attached hydrogens (tertiary/aromatic N) is 2. The van der Waals surface area contributed by atoms with Crippen LogP contribution in [0, 0.1) is 11.7 Å². The second-order valence-corrected chi connectivity index (χ2v) is 5.12. The Labute approximate surface area is 119 Å². The van der Waals surface area contributed by atoms with Crippen molar-refractivity contribution in [3.8, 4) is 11.3 Å². The number of hydrogen-bond acceptors (Lipinski definition) is 3. The summed E-state index contributed by atoms with van der Waals surface area (Å²) in [4.78, 5) is 3.21. The van der Waals surface area contributed by atoms with Gasteiger partial charge in [-0.05, 0) is 43.4 Å². The SMILES string of the molecule is Cc1cc2cccc(-c3cc4ccnn4c(=S)[nH]3)c2o1. The van der Waals surface area contributed by atoms with Gasteiger partial charge in [-0.15, -0.1) is 0 Å². The standard InChI is InChI=1S/C15H11N3OS/c1-9-7-10-3-2-4-12(14(10)19-9)13-8-11-5-6-16-18(11)15(20)17-13/h2-8H,1H3,(H,17,20). The van der Waals surface area contributed by atoms with Crippen molar-refractivity contribution >= 4 is 28.7 Å². The molecule has 0 aliphatic rings. The number of aryl methyl sites for hydroxylation is 1. The minimum absolute atomic E-state index is 0.572. The van der Waals surface area contributed by atoms with Crippen LogP contribution in [0.5, 0.6) is 0 Å². The largest absolute Gasteiger partial charge is 0.461 e. The van der Waals surface area contributed by atoms with Gasteiger partial charge in [0.15, 0.2) is 4.77 Å². The number of fused-ring (bicyclic) bond motifs is 2. The summed E-state index contributed by atoms with van der Waals surface area (Å²) in [5.41, 5.74) is 3.77. The summed E-state index contributed by atoms with van der Waals surface area (Å²) in [5, 5.41) is 5.27. The molecule has 0 aliphatic heterocycles. The Morgan fingerprint density at radius 1 is 1.25 bits per heavy atom. The van der Waals surface area contributed by atoms with Crippen molar-refractivity contribution in [1.29, 1.82) is 0 Å². The van der Waals surface area contributed by atoms with Gasteiger partial charge in [0.2, 0.25) is 0 Å². The highest BCUT2D eigenvalue weighted by Crippen LogP contribution is 2.30. The fraction of sp³-hybridized carbons (Fsp3) is 0.0667. The van der Waals surface area contributed by atoms with Crippen molar-refractivity contribution in [3.63, 3.8) is 0 Å². The molecular formula is C15H11N3OS. The van der Waals surface area contributed by atoms with E-state index in [1.165, 1.54) is 0 Å². The molecule has 0 fully saturated rings. The van der Waals surface area contributed by atoms with Crippen LogP contribution in [-0.2, 0) is 0 Å². The molecule has 0 amide bonds. The van der Waals surface area contributed by atoms with Crippen molar-refractivity contribution < 1.29 is 4.42 Å². The second kappa shape index (κ2) is 4.05. The van der Waals surface area contributed by atoms with Crippen LogP contribution in [0.15, 0.2) is 47.0 Å². The van der Waals surface area contributed by atoms with Crippen molar-refractivity contribution in [2.75, 3.05) is 0 Å². The van der Waals surface area contributed by atoms with E-state index in [-0.39, 0.29) is 0 Å². The Kier molecular flexibility index (Phi) is 2.31. The normalized spacial score (nSPS) is 11.4. The number of para-hydroxylation sites is 1. The highest BCUT2D eigenvalue weighted by Gasteiger charge is 2.10. The van der Waals surface area contributed by atoms with Crippen LogP contribution in [0.4, 0.5) is 0 Å². The van der Waals surface area contributed by atoms with Gasteiger partial charge in [0.25, 0.3) is 0 Å². The van der Waals surface area contributed by atoms with Crippen molar-refractivity contribution in [2.24, 2.45) is 0 Å². The molecule has 3 heterocycles. The van der Waals surface area contributed by atoms with Crippen LogP contribution in [0.3, 0.4) is 0 Å². The Hall–Kier alpha value is -2.40. The van der Waals surface area contributed by atoms with E-state index < -0.39 is 0 Å². The van der Waals surface area contributed by atoms with E-state index in [0.717, 1.165) is 33.5 Å². The fourth-order valence-corrected chi connectivity index (χ4v) is 2.76. The molecule has 98 valence electrons. The van der Waals surface area contributed by atoms with Gasteiger partial charge in [-0.25, -0.2) is 4.52 Å². The first-order valence-electron chi connectivity index (χ1n) is 6.29. The van der Waals surface area contributed by atoms with Crippen LogP contribution < -0.4 is 0 Å². The zero-order chi connectivity index (χ0) is 13.7. The van der Waals surface area contributed by atoms with Crippen LogP contribution >= 0.6 is 12.2 Å². The summed E-state index contributed by atoms with van der Waals surface area (Å²) in [6.07, 6.45) is 1.74. The molecule has 4 nitrogen and oxygen atoms in total. The molecule has 4 rings (SSSR count). The van der Waals surface area contributed by atoms with E-state index in [0.29, 0.717) is 4.77 Å². The topological polar surface area (TPSA) is 46.2 Å². The van der Waals surface area contributed by atoms with Gasteiger partial charge in [-0.1, -0.05) is 12.1 Å². The predicted molar refractivity (Wildman–Crippen MR) is 80.3 cm³/mol. The summed E-state index contributed by atoms with van der Waals surface area (Å²) >= 11 is 5.34. The number of furan rings is 1. The Bertz CT molecular complexity index is 993. The van der Waals surface area contributed by atoms with E-state index in [4.69, 9.17) is 16.6 Å². The van der Waals surface area contributed by atoms with E-state index in [9.17, 15) is 0 Å². The molecule has 0 saturated heterocycles. The molecule has 3 aromatic heterocycles. The molecule has 0 aliphatic carbocycles. The van der Waals surface area contributed by atoms with Gasteiger partial charge in [0, 0.05) is 10.9 Å². The minimum atomic E-state index is 0.572. The van der Waals surface area contributed by atoms with E-state index >= 15 is 0 Å². The summed E-state index contributed by atoms with van der Waals surface area (Å²) in [5.74, 6) is 0.900. The highest BCUT2D eigenvalue weighted by atomic mass is 32.1. The molecule has 0 bridgehead atoms. The van der Waals surface area contributed by atoms with E-state index in [1.54, 1.807) is 10.7 Å². The molecule has 4 aromatic rings. The van der Waals surface area contributed by atoms with Crippen molar-refractivity contribution in [1.82, 2.24) is 14.6 Å². The number of rotatable bonds is 1. The number of benzene rings is 1. The zero-order valence-electron chi connectivity index (χ0n) is 10.8. The first kappa shape index (κ1) is 11.4. The number of hydrogen-bond donors (Lipinski definition) is 1. The van der Waals surface area contributed by atoms with Gasteiger partial charge in [0.1, 0.15) is 11.3 Å². The summed E-state index contributed by atoms with van der Waals surface area (Å²) < 4.78 is 8.08. The molecule has 0 spiro atoms. The number of aromatic amines is 1. The van der Waals surface area contributed by atoms with Crippen LogP contribution in [0.2, 0.25) is 0 Å². The molecule has 20 heavy (non-hydrogen) atoms. The lowest BCUT2D eigenvalue weighted by Crippen LogP contribution is -1.94. The third-order valence-corrected chi connectivity index (χ3v) is 3.63. The Morgan fingerprint density at radius 2 is 2.15 bits per heavy atom. The van der Waals surface area contributed by atoms with Gasteiger partial charge in [0.05, 0.1) is 17.4 Å². The van der Waals surface area contributed by atoms with E-state index in [1.807, 2.05) is 43.3 Å². The molecule has 1 aromatic carbocycles. The molecule has 0 unspecified atom stereocenters. The third-order valence-electron chi connectivity index (χ3n) is 3.36. The average molecular weight is 281 g/mol. The maximum absolute atomic E-state index is 5.81. The van der Waals surface area contributed by atoms with E-state index in [2.05, 4.69) is 10.1 Å². The van der Waals surface area contributed by atoms with Gasteiger partial charge in [-0.3, -0.25) is 0 Å². The zero-order valence-corrected chi connectivity index (χ0v) is 11.6. The molecule has 0 saturated carbocycles. The van der Waals surface area contributed by atoms with Crippen LogP contribution in [0.25, 0.3) is 27.7 Å². The number of aromatic nitrogens is 3. The molecule has 5 heteroatoms. The third kappa shape index (κ3) is 1.60. The van der Waals surface area contributed by atoms with Crippen LogP contribution in [0.1, 0.15) is 5.76 Å². The van der Waals surface area contributed by atoms with Gasteiger partial charge >= 0.3 is 0 Å². The minimum Gasteiger partial charge on any atom is -0.461 e. The summed E-state index contributed by atoms with van der Waals surface area (Å²) in [6, 6.07) is 12.1. The lowest BCUT2D eigenvalue weighted by molar-refractivity contribution is 0.579. The maximum Gasteiger partial charge on any atom is 0.199 e. The first-order chi connectivity index (χ1) is 9.72. The molecule has 1 N–H and O–H groups in total. The Balaban J connectivity index is 2.07. The first-order valence-corrected chi connectivity index (χ1v) is 6.70. The Morgan fingerprint density at radius 3 is 3.05 bits per heavy atom. The average Bonchev–Trinajstić information content (AvgIpc) is 3.02. The van der Waals surface area contributed by atoms with Crippen molar-refractivity contribution in [3.05, 3.63) is 53.1 Å². The molecule has 0 radical (unpaired) electrons. The number of H-pyrrole nitrogens is 1. The van der Waals surface area contributed by atoms with Crippen LogP contribution in [-0.4, -0.2) is 14.6 Å². The predicted octanol–water partition coefficient (Wildman–Crippen LogP) is 4.11. The lowest BCUT2D eigenvalue weighted by Gasteiger charge is -2.04. The summed E-state index contributed by atoms with van der Waals surface area (Å²) in [7, 11) is 0. The second-order valence-electron chi connectivity index (χ2n) is 4.74. The number of nitrogens with one attached hydrogen (secondary N) is 1. The molecule has 0 atom stereocenters. The quantitative estimate of drug-likeness (QED) is 0.534. The van der Waals surface area contributed by atoms with Gasteiger partial charge in [-0.2, -0.15) is 5.10 Å². The maximum atomic E-state index is 5.81.